The number of carbonyl (C=O) groups is 1. The van der Waals surface area contributed by atoms with Crippen LogP contribution in [0.2, 0.25) is 5.02 Å². The van der Waals surface area contributed by atoms with Crippen molar-refractivity contribution >= 4 is 28.6 Å². The summed E-state index contributed by atoms with van der Waals surface area (Å²) in [6.45, 7) is 0.804. The van der Waals surface area contributed by atoms with E-state index in [-0.39, 0.29) is 24.9 Å². The summed E-state index contributed by atoms with van der Waals surface area (Å²) in [6, 6.07) is 12.6. The number of nitrogens with zero attached hydrogens (tertiary/aromatic N) is 1. The van der Waals surface area contributed by atoms with Gasteiger partial charge in [-0.25, -0.2) is 4.79 Å². The Labute approximate surface area is 154 Å². The van der Waals surface area contributed by atoms with Crippen LogP contribution in [0.4, 0.5) is 0 Å². The second-order valence-electron chi connectivity index (χ2n) is 6.18. The van der Waals surface area contributed by atoms with E-state index in [1.54, 1.807) is 18.2 Å². The van der Waals surface area contributed by atoms with Crippen LogP contribution in [0.5, 0.6) is 5.75 Å². The van der Waals surface area contributed by atoms with Gasteiger partial charge in [0.25, 0.3) is 0 Å². The minimum absolute atomic E-state index is 0.0796. The van der Waals surface area contributed by atoms with Gasteiger partial charge in [-0.3, -0.25) is 9.36 Å². The number of nitrogens with one attached hydrogen (secondary N) is 1. The molecule has 1 atom stereocenters. The van der Waals surface area contributed by atoms with Gasteiger partial charge in [0.05, 0.1) is 18.2 Å². The van der Waals surface area contributed by atoms with Crippen LogP contribution in [0, 0.1) is 0 Å². The van der Waals surface area contributed by atoms with Crippen LogP contribution in [0.15, 0.2) is 51.7 Å². The summed E-state index contributed by atoms with van der Waals surface area (Å²) in [4.78, 5) is 24.4. The molecule has 1 aromatic heterocycles. The van der Waals surface area contributed by atoms with Crippen LogP contribution in [0.25, 0.3) is 11.1 Å². The normalized spacial score (nSPS) is 16.1. The third kappa shape index (κ3) is 3.20. The van der Waals surface area contributed by atoms with Crippen LogP contribution in [-0.4, -0.2) is 17.1 Å². The Kier molecular flexibility index (Phi) is 4.42. The first-order valence-electron chi connectivity index (χ1n) is 8.42. The van der Waals surface area contributed by atoms with Crippen LogP contribution in [-0.2, 0) is 11.3 Å². The Morgan fingerprint density at radius 3 is 3.00 bits per heavy atom. The molecule has 1 aliphatic heterocycles. The molecule has 2 heterocycles. The maximum Gasteiger partial charge on any atom is 0.419 e. The third-order valence-corrected chi connectivity index (χ3v) is 4.72. The molecule has 0 saturated carbocycles. The van der Waals surface area contributed by atoms with Crippen molar-refractivity contribution in [1.29, 1.82) is 0 Å². The average molecular weight is 373 g/mol. The lowest BCUT2D eigenvalue weighted by Crippen LogP contribution is -2.33. The summed E-state index contributed by atoms with van der Waals surface area (Å²) in [5.41, 5.74) is 2.03. The second kappa shape index (κ2) is 6.88. The zero-order chi connectivity index (χ0) is 18.1. The monoisotopic (exact) mass is 372 g/mol. The van der Waals surface area contributed by atoms with Crippen LogP contribution < -0.4 is 15.8 Å². The van der Waals surface area contributed by atoms with Crippen molar-refractivity contribution in [2.24, 2.45) is 0 Å². The molecule has 0 fully saturated rings. The van der Waals surface area contributed by atoms with E-state index in [2.05, 4.69) is 5.32 Å². The summed E-state index contributed by atoms with van der Waals surface area (Å²) < 4.78 is 12.2. The van der Waals surface area contributed by atoms with Crippen molar-refractivity contribution in [2.45, 2.75) is 25.4 Å². The molecule has 1 aliphatic rings. The molecule has 26 heavy (non-hydrogen) atoms. The smallest absolute Gasteiger partial charge is 0.419 e. The average Bonchev–Trinajstić information content (AvgIpc) is 2.94. The molecular formula is C19H17ClN2O4. The molecule has 0 aliphatic carbocycles. The van der Waals surface area contributed by atoms with Crippen LogP contribution in [0.1, 0.15) is 24.4 Å². The molecule has 0 spiro atoms. The standard InChI is InChI=1S/C19H17ClN2O4/c20-12-5-6-15-17(11-12)26-19(24)22(15)9-7-18(23)21-14-8-10-25-16-4-2-1-3-13(14)16/h1-6,11,14H,7-10H2,(H,21,23). The maximum atomic E-state index is 12.4. The summed E-state index contributed by atoms with van der Waals surface area (Å²) in [6.07, 6.45) is 0.895. The number of fused-ring (bicyclic) bond motifs is 2. The molecule has 2 aromatic carbocycles. The predicted octanol–water partition coefficient (Wildman–Crippen LogP) is 3.28. The minimum atomic E-state index is -0.494. The maximum absolute atomic E-state index is 12.4. The van der Waals surface area contributed by atoms with E-state index >= 15 is 0 Å². The molecule has 0 bridgehead atoms. The molecule has 0 radical (unpaired) electrons. The molecule has 0 saturated heterocycles. The number of amides is 1. The van der Waals surface area contributed by atoms with Gasteiger partial charge in [0.2, 0.25) is 5.91 Å². The highest BCUT2D eigenvalue weighted by atomic mass is 35.5. The van der Waals surface area contributed by atoms with Gasteiger partial charge in [0.15, 0.2) is 5.58 Å². The van der Waals surface area contributed by atoms with Gasteiger partial charge < -0.3 is 14.5 Å². The number of ether oxygens (including phenoxy) is 1. The molecule has 1 amide bonds. The quantitative estimate of drug-likeness (QED) is 0.762. The molecule has 7 heteroatoms. The van der Waals surface area contributed by atoms with Crippen LogP contribution >= 0.6 is 11.6 Å². The summed E-state index contributed by atoms with van der Waals surface area (Å²) in [5.74, 6) is 0.186. The van der Waals surface area contributed by atoms with Gasteiger partial charge in [-0.2, -0.15) is 0 Å². The van der Waals surface area contributed by atoms with E-state index in [1.807, 2.05) is 24.3 Å². The summed E-state index contributed by atoms with van der Waals surface area (Å²) in [5, 5.41) is 3.52. The number of hydrogen-bond donors (Lipinski definition) is 1. The Balaban J connectivity index is 1.46. The van der Waals surface area contributed by atoms with E-state index < -0.39 is 5.76 Å². The lowest BCUT2D eigenvalue weighted by molar-refractivity contribution is -0.122. The van der Waals surface area contributed by atoms with Gasteiger partial charge in [-0.05, 0) is 18.2 Å². The van der Waals surface area contributed by atoms with Gasteiger partial charge >= 0.3 is 5.76 Å². The number of aromatic nitrogens is 1. The van der Waals surface area contributed by atoms with Crippen molar-refractivity contribution in [1.82, 2.24) is 9.88 Å². The topological polar surface area (TPSA) is 73.5 Å². The first-order valence-corrected chi connectivity index (χ1v) is 8.79. The minimum Gasteiger partial charge on any atom is -0.493 e. The van der Waals surface area contributed by atoms with Crippen molar-refractivity contribution in [2.75, 3.05) is 6.61 Å². The lowest BCUT2D eigenvalue weighted by atomic mass is 10.0. The van der Waals surface area contributed by atoms with Crippen molar-refractivity contribution < 1.29 is 13.9 Å². The number of rotatable bonds is 4. The van der Waals surface area contributed by atoms with Crippen LogP contribution in [0.3, 0.4) is 0 Å². The SMILES string of the molecule is O=C(CCn1c(=O)oc2cc(Cl)ccc21)NC1CCOc2ccccc21. The number of carbonyl (C=O) groups excluding carboxylic acids is 1. The van der Waals surface area contributed by atoms with Gasteiger partial charge in [-0.1, -0.05) is 29.8 Å². The van der Waals surface area contributed by atoms with E-state index in [9.17, 15) is 9.59 Å². The first kappa shape index (κ1) is 16.7. The number of para-hydroxylation sites is 1. The zero-order valence-corrected chi connectivity index (χ0v) is 14.7. The van der Waals surface area contributed by atoms with Gasteiger partial charge in [-0.15, -0.1) is 0 Å². The number of benzene rings is 2. The van der Waals surface area contributed by atoms with E-state index in [4.69, 9.17) is 20.8 Å². The number of halogens is 1. The van der Waals surface area contributed by atoms with Crippen molar-refractivity contribution in [3.63, 3.8) is 0 Å². The summed E-state index contributed by atoms with van der Waals surface area (Å²) >= 11 is 5.91. The Hall–Kier alpha value is -2.73. The highest BCUT2D eigenvalue weighted by Crippen LogP contribution is 2.31. The number of oxazole rings is 1. The molecule has 4 rings (SSSR count). The predicted molar refractivity (Wildman–Crippen MR) is 97.5 cm³/mol. The molecule has 3 aromatic rings. The zero-order valence-electron chi connectivity index (χ0n) is 13.9. The lowest BCUT2D eigenvalue weighted by Gasteiger charge is -2.26. The molecule has 1 N–H and O–H groups in total. The highest BCUT2D eigenvalue weighted by Gasteiger charge is 2.22. The highest BCUT2D eigenvalue weighted by molar-refractivity contribution is 6.31. The fraction of sp³-hybridized carbons (Fsp3) is 0.263. The second-order valence-corrected chi connectivity index (χ2v) is 6.61. The van der Waals surface area contributed by atoms with E-state index in [0.717, 1.165) is 17.7 Å². The Bertz CT molecular complexity index is 1020. The van der Waals surface area contributed by atoms with E-state index in [0.29, 0.717) is 22.7 Å². The molecule has 1 unspecified atom stereocenters. The Morgan fingerprint density at radius 2 is 2.12 bits per heavy atom. The molecule has 6 nitrogen and oxygen atoms in total. The fourth-order valence-electron chi connectivity index (χ4n) is 3.22. The number of hydrogen-bond acceptors (Lipinski definition) is 4. The molecular weight excluding hydrogens is 356 g/mol. The van der Waals surface area contributed by atoms with Gasteiger partial charge in [0.1, 0.15) is 5.75 Å². The molecule has 134 valence electrons. The van der Waals surface area contributed by atoms with E-state index in [1.165, 1.54) is 4.57 Å². The first-order chi connectivity index (χ1) is 12.6. The summed E-state index contributed by atoms with van der Waals surface area (Å²) in [7, 11) is 0. The third-order valence-electron chi connectivity index (χ3n) is 4.49. The largest absolute Gasteiger partial charge is 0.493 e. The Morgan fingerprint density at radius 1 is 1.27 bits per heavy atom. The number of aryl methyl sites for hydroxylation is 1. The van der Waals surface area contributed by atoms with Crippen molar-refractivity contribution in [3.8, 4) is 5.75 Å². The fourth-order valence-corrected chi connectivity index (χ4v) is 3.39. The van der Waals surface area contributed by atoms with Gasteiger partial charge in [0, 0.05) is 36.0 Å². The van der Waals surface area contributed by atoms with Crippen molar-refractivity contribution in [3.05, 3.63) is 63.6 Å².